The summed E-state index contributed by atoms with van der Waals surface area (Å²) in [5, 5.41) is 24.6. The second kappa shape index (κ2) is 7.03. The molecule has 0 aromatic carbocycles. The molecule has 6 nitrogen and oxygen atoms in total. The van der Waals surface area contributed by atoms with E-state index in [9.17, 15) is 20.0 Å². The molecule has 1 N–H and O–H groups in total. The van der Waals surface area contributed by atoms with Crippen molar-refractivity contribution < 1.29 is 19.4 Å². The van der Waals surface area contributed by atoms with Crippen molar-refractivity contribution in [1.82, 2.24) is 0 Å². The first-order chi connectivity index (χ1) is 12.2. The van der Waals surface area contributed by atoms with Crippen LogP contribution in [0.25, 0.3) is 0 Å². The average Bonchev–Trinajstić information content (AvgIpc) is 2.89. The minimum absolute atomic E-state index is 0.148. The quantitative estimate of drug-likeness (QED) is 0.848. The molecule has 1 aromatic heterocycles. The Morgan fingerprint density at radius 1 is 1.46 bits per heavy atom. The van der Waals surface area contributed by atoms with Gasteiger partial charge in [0.15, 0.2) is 0 Å². The van der Waals surface area contributed by atoms with E-state index >= 15 is 0 Å². The van der Waals surface area contributed by atoms with E-state index in [-0.39, 0.29) is 18.4 Å². The highest BCUT2D eigenvalue weighted by atomic mass is 35.5. The third kappa shape index (κ3) is 3.63. The standard InChI is InChI=1S/C18H19ClN2O4S/c1-18(2)6-12-13(7-20)16(26-14(12)8-25-18)21-15(22)11-5-9(19)3-4-10(11)17(23)24/h3,10-11H,4-6,8H2,1-2H3,(H,21,22)(H,23,24)/p-1/t10-,11-/m1/s1. The van der Waals surface area contributed by atoms with Crippen LogP contribution in [-0.2, 0) is 27.4 Å². The van der Waals surface area contributed by atoms with Gasteiger partial charge in [0, 0.05) is 28.2 Å². The molecule has 0 radical (unpaired) electrons. The van der Waals surface area contributed by atoms with E-state index in [2.05, 4.69) is 11.4 Å². The van der Waals surface area contributed by atoms with E-state index in [1.54, 1.807) is 6.08 Å². The molecule has 0 unspecified atom stereocenters. The number of anilines is 1. The monoisotopic (exact) mass is 393 g/mol. The molecule has 1 aromatic rings. The Bertz CT molecular complexity index is 837. The lowest BCUT2D eigenvalue weighted by atomic mass is 9.82. The predicted molar refractivity (Wildman–Crippen MR) is 95.4 cm³/mol. The number of fused-ring (bicyclic) bond motifs is 1. The summed E-state index contributed by atoms with van der Waals surface area (Å²) in [5.41, 5.74) is 0.946. The lowest BCUT2D eigenvalue weighted by molar-refractivity contribution is -0.313. The molecule has 0 spiro atoms. The van der Waals surface area contributed by atoms with E-state index < -0.39 is 23.7 Å². The van der Waals surface area contributed by atoms with Gasteiger partial charge in [0.25, 0.3) is 0 Å². The Kier molecular flexibility index (Phi) is 5.11. The molecule has 1 aliphatic heterocycles. The molecule has 26 heavy (non-hydrogen) atoms. The molecule has 0 saturated heterocycles. The summed E-state index contributed by atoms with van der Waals surface area (Å²) < 4.78 is 5.77. The Morgan fingerprint density at radius 3 is 2.85 bits per heavy atom. The van der Waals surface area contributed by atoms with Gasteiger partial charge in [-0.05, 0) is 32.3 Å². The van der Waals surface area contributed by atoms with Crippen LogP contribution in [0.2, 0.25) is 0 Å². The van der Waals surface area contributed by atoms with Crippen molar-refractivity contribution in [1.29, 1.82) is 5.26 Å². The van der Waals surface area contributed by atoms with Crippen LogP contribution in [0.3, 0.4) is 0 Å². The van der Waals surface area contributed by atoms with E-state index in [1.807, 2.05) is 13.8 Å². The summed E-state index contributed by atoms with van der Waals surface area (Å²) in [7, 11) is 0. The average molecular weight is 394 g/mol. The molecule has 1 aliphatic carbocycles. The number of carbonyl (C=O) groups is 2. The third-order valence-corrected chi connectivity index (χ3v) is 6.20. The van der Waals surface area contributed by atoms with Gasteiger partial charge in [-0.3, -0.25) is 4.79 Å². The molecule has 1 amide bonds. The molecule has 0 fully saturated rings. The predicted octanol–water partition coefficient (Wildman–Crippen LogP) is 2.31. The zero-order valence-electron chi connectivity index (χ0n) is 14.4. The van der Waals surface area contributed by atoms with Crippen LogP contribution in [0.4, 0.5) is 5.00 Å². The maximum absolute atomic E-state index is 12.7. The van der Waals surface area contributed by atoms with Crippen LogP contribution < -0.4 is 10.4 Å². The molecule has 2 heterocycles. The minimum Gasteiger partial charge on any atom is -0.550 e. The zero-order chi connectivity index (χ0) is 19.1. The van der Waals surface area contributed by atoms with E-state index in [4.69, 9.17) is 16.3 Å². The number of allylic oxidation sites excluding steroid dienone is 2. The van der Waals surface area contributed by atoms with Gasteiger partial charge >= 0.3 is 0 Å². The van der Waals surface area contributed by atoms with Gasteiger partial charge in [0.1, 0.15) is 11.1 Å². The number of carboxylic acid groups (broad SMARTS) is 1. The normalized spacial score (nSPS) is 24.2. The lowest BCUT2D eigenvalue weighted by Crippen LogP contribution is -2.42. The highest BCUT2D eigenvalue weighted by Gasteiger charge is 2.35. The van der Waals surface area contributed by atoms with Gasteiger partial charge in [0.05, 0.1) is 23.7 Å². The SMILES string of the molecule is CC1(C)Cc2c(sc(NC(=O)[C@@H]3CC(Cl)=CC[C@H]3C(=O)[O-])c2C#N)CO1. The zero-order valence-corrected chi connectivity index (χ0v) is 16.0. The van der Waals surface area contributed by atoms with Crippen LogP contribution in [0, 0.1) is 23.2 Å². The summed E-state index contributed by atoms with van der Waals surface area (Å²) in [6.45, 7) is 4.29. The molecule has 0 saturated carbocycles. The van der Waals surface area contributed by atoms with Crippen LogP contribution in [0.5, 0.6) is 0 Å². The Labute approximate surface area is 160 Å². The molecule has 2 atom stereocenters. The van der Waals surface area contributed by atoms with E-state index in [0.29, 0.717) is 28.6 Å². The number of nitrogens with one attached hydrogen (secondary N) is 1. The highest BCUT2D eigenvalue weighted by molar-refractivity contribution is 7.16. The smallest absolute Gasteiger partial charge is 0.229 e. The highest BCUT2D eigenvalue weighted by Crippen LogP contribution is 2.41. The number of nitriles is 1. The summed E-state index contributed by atoms with van der Waals surface area (Å²) >= 11 is 7.30. The number of nitrogens with zero attached hydrogens (tertiary/aromatic N) is 1. The first-order valence-corrected chi connectivity index (χ1v) is 9.46. The third-order valence-electron chi connectivity index (χ3n) is 4.77. The Balaban J connectivity index is 1.86. The number of thiophene rings is 1. The number of hydrogen-bond acceptors (Lipinski definition) is 6. The molecule has 0 bridgehead atoms. The van der Waals surface area contributed by atoms with Crippen molar-refractivity contribution >= 4 is 39.8 Å². The molecular weight excluding hydrogens is 376 g/mol. The van der Waals surface area contributed by atoms with Crippen LogP contribution in [0.15, 0.2) is 11.1 Å². The second-order valence-electron chi connectivity index (χ2n) is 7.16. The van der Waals surface area contributed by atoms with Gasteiger partial charge in [-0.1, -0.05) is 17.7 Å². The van der Waals surface area contributed by atoms with Crippen molar-refractivity contribution in [2.45, 2.75) is 45.3 Å². The number of rotatable bonds is 3. The number of halogens is 1. The van der Waals surface area contributed by atoms with Crippen LogP contribution in [-0.4, -0.2) is 17.5 Å². The summed E-state index contributed by atoms with van der Waals surface area (Å²) in [4.78, 5) is 25.0. The lowest BCUT2D eigenvalue weighted by Gasteiger charge is -2.30. The maximum atomic E-state index is 12.7. The molecule has 2 aliphatic rings. The van der Waals surface area contributed by atoms with Gasteiger partial charge < -0.3 is 20.0 Å². The van der Waals surface area contributed by atoms with Gasteiger partial charge in [0.2, 0.25) is 5.91 Å². The molecule has 138 valence electrons. The first-order valence-electron chi connectivity index (χ1n) is 8.26. The van der Waals surface area contributed by atoms with Crippen molar-refractivity contribution in [3.63, 3.8) is 0 Å². The van der Waals surface area contributed by atoms with Crippen molar-refractivity contribution in [3.8, 4) is 6.07 Å². The van der Waals surface area contributed by atoms with Gasteiger partial charge in [-0.2, -0.15) is 5.26 Å². The fraction of sp³-hybridized carbons (Fsp3) is 0.500. The number of amides is 1. The molecule has 3 rings (SSSR count). The van der Waals surface area contributed by atoms with Gasteiger partial charge in [-0.15, -0.1) is 11.3 Å². The first kappa shape index (κ1) is 18.9. The summed E-state index contributed by atoms with van der Waals surface area (Å²) in [6.07, 6.45) is 2.50. The van der Waals surface area contributed by atoms with E-state index in [1.165, 1.54) is 11.3 Å². The van der Waals surface area contributed by atoms with Crippen molar-refractivity contribution in [2.75, 3.05) is 5.32 Å². The molecule has 8 heteroatoms. The number of ether oxygens (including phenoxy) is 1. The second-order valence-corrected chi connectivity index (χ2v) is 8.75. The molecular formula is C18H18ClN2O4S-. The fourth-order valence-corrected chi connectivity index (χ4v) is 4.69. The number of hydrogen-bond donors (Lipinski definition) is 1. The Morgan fingerprint density at radius 2 is 2.19 bits per heavy atom. The summed E-state index contributed by atoms with van der Waals surface area (Å²) in [6, 6.07) is 2.17. The fourth-order valence-electron chi connectivity index (χ4n) is 3.36. The number of carboxylic acids is 1. The minimum atomic E-state index is -1.27. The topological polar surface area (TPSA) is 102 Å². The Hall–Kier alpha value is -1.88. The largest absolute Gasteiger partial charge is 0.550 e. The number of carbonyl (C=O) groups excluding carboxylic acids is 2. The van der Waals surface area contributed by atoms with Crippen molar-refractivity contribution in [3.05, 3.63) is 27.1 Å². The van der Waals surface area contributed by atoms with Gasteiger partial charge in [-0.25, -0.2) is 0 Å². The number of aliphatic carboxylic acids is 1. The van der Waals surface area contributed by atoms with Crippen LogP contribution >= 0.6 is 22.9 Å². The van der Waals surface area contributed by atoms with Crippen molar-refractivity contribution in [2.24, 2.45) is 11.8 Å². The van der Waals surface area contributed by atoms with Crippen LogP contribution in [0.1, 0.15) is 42.7 Å². The maximum Gasteiger partial charge on any atom is 0.229 e. The summed E-state index contributed by atoms with van der Waals surface area (Å²) in [5.74, 6) is -3.48. The van der Waals surface area contributed by atoms with E-state index in [0.717, 1.165) is 10.4 Å².